The lowest BCUT2D eigenvalue weighted by molar-refractivity contribution is 0.0320. The minimum absolute atomic E-state index is 0.0811. The molecule has 1 amide bonds. The number of rotatable bonds is 6. The van der Waals surface area contributed by atoms with Crippen LogP contribution in [0.4, 0.5) is 0 Å². The van der Waals surface area contributed by atoms with E-state index in [4.69, 9.17) is 4.74 Å². The zero-order valence-corrected chi connectivity index (χ0v) is 21.0. The Morgan fingerprint density at radius 2 is 2.03 bits per heavy atom. The molecular weight excluding hydrogens is 440 g/mol. The average molecular weight is 477 g/mol. The minimum atomic E-state index is -0.309. The number of carbonyl (C=O) groups is 1. The Labute approximate surface area is 208 Å². The van der Waals surface area contributed by atoms with Gasteiger partial charge in [0.2, 0.25) is 5.88 Å². The summed E-state index contributed by atoms with van der Waals surface area (Å²) in [5, 5.41) is 9.86. The quantitative estimate of drug-likeness (QED) is 0.645. The number of fused-ring (bicyclic) bond motifs is 1. The van der Waals surface area contributed by atoms with Crippen LogP contribution in [0.25, 0.3) is 0 Å². The van der Waals surface area contributed by atoms with Gasteiger partial charge in [0.15, 0.2) is 0 Å². The zero-order valence-electron chi connectivity index (χ0n) is 21.0. The van der Waals surface area contributed by atoms with Crippen molar-refractivity contribution in [2.24, 2.45) is 11.8 Å². The van der Waals surface area contributed by atoms with Crippen molar-refractivity contribution in [1.82, 2.24) is 19.8 Å². The van der Waals surface area contributed by atoms with Crippen molar-refractivity contribution < 1.29 is 14.6 Å². The van der Waals surface area contributed by atoms with Crippen LogP contribution < -0.4 is 4.74 Å². The van der Waals surface area contributed by atoms with Crippen LogP contribution in [0.5, 0.6) is 5.88 Å². The Morgan fingerprint density at radius 3 is 2.74 bits per heavy atom. The van der Waals surface area contributed by atoms with Gasteiger partial charge in [0.05, 0.1) is 12.6 Å². The van der Waals surface area contributed by atoms with E-state index in [1.165, 1.54) is 25.7 Å². The number of aromatic nitrogens is 2. The number of nitrogens with zero attached hydrogens (tertiary/aromatic N) is 4. The summed E-state index contributed by atoms with van der Waals surface area (Å²) in [5.41, 5.74) is 1.65. The summed E-state index contributed by atoms with van der Waals surface area (Å²) in [5.74, 6) is 7.05. The van der Waals surface area contributed by atoms with Gasteiger partial charge in [0.25, 0.3) is 5.91 Å². The van der Waals surface area contributed by atoms with Gasteiger partial charge in [0, 0.05) is 43.5 Å². The second-order valence-corrected chi connectivity index (χ2v) is 10.0. The van der Waals surface area contributed by atoms with Gasteiger partial charge in [-0.3, -0.25) is 4.79 Å². The molecule has 7 nitrogen and oxygen atoms in total. The third-order valence-corrected chi connectivity index (χ3v) is 7.06. The maximum absolute atomic E-state index is 13.5. The predicted molar refractivity (Wildman–Crippen MR) is 135 cm³/mol. The molecule has 2 aromatic heterocycles. The van der Waals surface area contributed by atoms with Crippen molar-refractivity contribution in [2.75, 3.05) is 33.3 Å². The van der Waals surface area contributed by atoms with Gasteiger partial charge in [0.1, 0.15) is 17.4 Å². The highest BCUT2D eigenvalue weighted by molar-refractivity contribution is 5.97. The monoisotopic (exact) mass is 476 g/mol. The predicted octanol–water partition coefficient (Wildman–Crippen LogP) is 3.22. The number of likely N-dealkylation sites (N-methyl/N-ethyl adjacent to an activating group) is 1. The topological polar surface area (TPSA) is 78.8 Å². The number of pyridine rings is 2. The van der Waals surface area contributed by atoms with Crippen LogP contribution in [0.3, 0.4) is 0 Å². The van der Waals surface area contributed by atoms with Gasteiger partial charge in [-0.25, -0.2) is 9.97 Å². The molecule has 1 saturated carbocycles. The molecule has 0 spiro atoms. The maximum Gasteiger partial charge on any atom is 0.259 e. The van der Waals surface area contributed by atoms with Crippen LogP contribution >= 0.6 is 0 Å². The molecule has 2 aliphatic rings. The highest BCUT2D eigenvalue weighted by Crippen LogP contribution is 2.29. The number of ether oxygens (including phenoxy) is 1. The number of hydrogen-bond acceptors (Lipinski definition) is 6. The molecule has 1 N–H and O–H groups in total. The summed E-state index contributed by atoms with van der Waals surface area (Å²) >= 11 is 0. The molecule has 35 heavy (non-hydrogen) atoms. The molecule has 3 atom stereocenters. The summed E-state index contributed by atoms with van der Waals surface area (Å²) in [6.45, 7) is 6.20. The van der Waals surface area contributed by atoms with Crippen molar-refractivity contribution in [3.63, 3.8) is 0 Å². The van der Waals surface area contributed by atoms with Crippen LogP contribution in [-0.4, -0.2) is 76.2 Å². The van der Waals surface area contributed by atoms with Crippen LogP contribution in [0.2, 0.25) is 0 Å². The van der Waals surface area contributed by atoms with E-state index in [1.807, 2.05) is 25.1 Å². The highest BCUT2D eigenvalue weighted by Gasteiger charge is 2.34. The van der Waals surface area contributed by atoms with Gasteiger partial charge in [-0.15, -0.1) is 0 Å². The van der Waals surface area contributed by atoms with Crippen molar-refractivity contribution >= 4 is 5.91 Å². The average Bonchev–Trinajstić information content (AvgIpc) is 3.38. The standard InChI is InChI=1S/C28H36N4O3/c1-20-16-32(21(2)19-33)28(34)25-14-23(11-12-24-10-6-7-13-29-24)15-30-27(25)35-26(20)18-31(3)17-22-8-4-5-9-22/h6-7,10,13-15,20-22,26,33H,4-5,8-9,16-19H2,1-3H3/t20-,21-,26-/m1/s1. The fourth-order valence-corrected chi connectivity index (χ4v) is 4.98. The van der Waals surface area contributed by atoms with Crippen molar-refractivity contribution in [3.8, 4) is 17.7 Å². The molecule has 1 aliphatic carbocycles. The first kappa shape index (κ1) is 25.2. The highest BCUT2D eigenvalue weighted by atomic mass is 16.5. The van der Waals surface area contributed by atoms with E-state index in [9.17, 15) is 9.90 Å². The minimum Gasteiger partial charge on any atom is -0.472 e. The van der Waals surface area contributed by atoms with Crippen LogP contribution in [-0.2, 0) is 0 Å². The van der Waals surface area contributed by atoms with Crippen molar-refractivity contribution in [2.45, 2.75) is 51.7 Å². The number of amides is 1. The molecule has 0 aromatic carbocycles. The summed E-state index contributed by atoms with van der Waals surface area (Å²) in [6.07, 6.45) is 8.47. The van der Waals surface area contributed by atoms with Gasteiger partial charge >= 0.3 is 0 Å². The molecule has 0 bridgehead atoms. The van der Waals surface area contributed by atoms with E-state index >= 15 is 0 Å². The lowest BCUT2D eigenvalue weighted by Crippen LogP contribution is -2.50. The molecule has 0 unspecified atom stereocenters. The number of aliphatic hydroxyl groups is 1. The maximum atomic E-state index is 13.5. The summed E-state index contributed by atoms with van der Waals surface area (Å²) in [4.78, 5) is 26.4. The van der Waals surface area contributed by atoms with Gasteiger partial charge < -0.3 is 19.6 Å². The van der Waals surface area contributed by atoms with Crippen LogP contribution in [0.15, 0.2) is 36.7 Å². The van der Waals surface area contributed by atoms with E-state index in [0.717, 1.165) is 19.0 Å². The van der Waals surface area contributed by atoms with E-state index in [-0.39, 0.29) is 30.6 Å². The number of carbonyl (C=O) groups excluding carboxylic acids is 1. The van der Waals surface area contributed by atoms with E-state index < -0.39 is 0 Å². The van der Waals surface area contributed by atoms with E-state index in [2.05, 4.69) is 40.7 Å². The van der Waals surface area contributed by atoms with Crippen molar-refractivity contribution in [3.05, 3.63) is 53.5 Å². The third-order valence-electron chi connectivity index (χ3n) is 7.06. The summed E-state index contributed by atoms with van der Waals surface area (Å²) in [6, 6.07) is 6.99. The Hall–Kier alpha value is -2.95. The molecule has 0 radical (unpaired) electrons. The fraction of sp³-hybridized carbons (Fsp3) is 0.536. The van der Waals surface area contributed by atoms with Gasteiger partial charge in [-0.2, -0.15) is 0 Å². The molecule has 0 saturated heterocycles. The number of hydrogen-bond donors (Lipinski definition) is 1. The molecule has 2 aromatic rings. The Balaban J connectivity index is 1.61. The first-order valence-electron chi connectivity index (χ1n) is 12.6. The zero-order chi connectivity index (χ0) is 24.8. The first-order valence-corrected chi connectivity index (χ1v) is 12.6. The van der Waals surface area contributed by atoms with Gasteiger partial charge in [-0.05, 0) is 56.9 Å². The lowest BCUT2D eigenvalue weighted by Gasteiger charge is -2.38. The summed E-state index contributed by atoms with van der Waals surface area (Å²) in [7, 11) is 2.15. The largest absolute Gasteiger partial charge is 0.472 e. The third kappa shape index (κ3) is 6.39. The Kier molecular flexibility index (Phi) is 8.37. The second-order valence-electron chi connectivity index (χ2n) is 10.0. The fourth-order valence-electron chi connectivity index (χ4n) is 4.98. The van der Waals surface area contributed by atoms with Gasteiger partial charge in [-0.1, -0.05) is 31.8 Å². The lowest BCUT2D eigenvalue weighted by atomic mass is 9.99. The molecule has 186 valence electrons. The van der Waals surface area contributed by atoms with Crippen LogP contribution in [0, 0.1) is 23.7 Å². The van der Waals surface area contributed by atoms with Crippen molar-refractivity contribution in [1.29, 1.82) is 0 Å². The molecule has 3 heterocycles. The molecule has 1 aliphatic heterocycles. The van der Waals surface area contributed by atoms with Crippen LogP contribution in [0.1, 0.15) is 61.1 Å². The Bertz CT molecular complexity index is 1060. The normalized spacial score (nSPS) is 21.5. The molecular formula is C28H36N4O3. The van der Waals surface area contributed by atoms with E-state index in [1.54, 1.807) is 23.4 Å². The number of aliphatic hydroxyl groups excluding tert-OH is 1. The van der Waals surface area contributed by atoms with E-state index in [0.29, 0.717) is 29.2 Å². The molecule has 4 rings (SSSR count). The smallest absolute Gasteiger partial charge is 0.259 e. The molecule has 1 fully saturated rings. The summed E-state index contributed by atoms with van der Waals surface area (Å²) < 4.78 is 6.41. The molecule has 7 heteroatoms. The SMILES string of the molecule is C[C@@H]1CN([C@H](C)CO)C(=O)c2cc(C#Cc3ccccn3)cnc2O[C@@H]1CN(C)CC1CCCC1. The Morgan fingerprint density at radius 1 is 1.23 bits per heavy atom. The second kappa shape index (κ2) is 11.7. The first-order chi connectivity index (χ1) is 16.9.